The smallest absolute Gasteiger partial charge is 0.0811 e. The van der Waals surface area contributed by atoms with E-state index in [1.807, 2.05) is 5.51 Å². The van der Waals surface area contributed by atoms with Gasteiger partial charge in [0.15, 0.2) is 0 Å². The van der Waals surface area contributed by atoms with Gasteiger partial charge < -0.3 is 0 Å². The van der Waals surface area contributed by atoms with Gasteiger partial charge in [-0.15, -0.1) is 11.3 Å². The van der Waals surface area contributed by atoms with Gasteiger partial charge in [0.2, 0.25) is 0 Å². The maximum Gasteiger partial charge on any atom is 0.0811 e. The normalized spacial score (nSPS) is 10.2. The minimum Gasteiger partial charge on any atom is -0.245 e. The number of benzene rings is 1. The Morgan fingerprint density at radius 1 is 1.23 bits per heavy atom. The zero-order chi connectivity index (χ0) is 9.10. The summed E-state index contributed by atoms with van der Waals surface area (Å²) in [6, 6.07) is 8.59. The molecular formula is C11H11NS. The van der Waals surface area contributed by atoms with Gasteiger partial charge in [0.25, 0.3) is 0 Å². The van der Waals surface area contributed by atoms with Crippen molar-refractivity contribution in [3.63, 3.8) is 0 Å². The zero-order valence-corrected chi connectivity index (χ0v) is 8.34. The SMILES string of the molecule is CCc1ccc(-c2cscn2)cc1. The molecule has 0 saturated heterocycles. The van der Waals surface area contributed by atoms with Gasteiger partial charge in [0.1, 0.15) is 0 Å². The summed E-state index contributed by atoms with van der Waals surface area (Å²) in [5.74, 6) is 0. The highest BCUT2D eigenvalue weighted by Gasteiger charge is 1.98. The maximum absolute atomic E-state index is 4.26. The van der Waals surface area contributed by atoms with Crippen LogP contribution in [0.25, 0.3) is 11.3 Å². The second-order valence-corrected chi connectivity index (χ2v) is 3.64. The number of rotatable bonds is 2. The van der Waals surface area contributed by atoms with E-state index in [1.165, 1.54) is 11.1 Å². The first-order valence-electron chi connectivity index (χ1n) is 4.37. The first-order chi connectivity index (χ1) is 6.40. The summed E-state index contributed by atoms with van der Waals surface area (Å²) in [5.41, 5.74) is 5.52. The van der Waals surface area contributed by atoms with Crippen LogP contribution < -0.4 is 0 Å². The van der Waals surface area contributed by atoms with Gasteiger partial charge in [-0.2, -0.15) is 0 Å². The fourth-order valence-electron chi connectivity index (χ4n) is 1.27. The van der Waals surface area contributed by atoms with E-state index in [4.69, 9.17) is 0 Å². The highest BCUT2D eigenvalue weighted by atomic mass is 32.1. The molecule has 0 N–H and O–H groups in total. The van der Waals surface area contributed by atoms with Crippen molar-refractivity contribution in [2.24, 2.45) is 0 Å². The Labute approximate surface area is 82.1 Å². The van der Waals surface area contributed by atoms with Crippen molar-refractivity contribution in [1.82, 2.24) is 4.98 Å². The molecule has 0 saturated carbocycles. The fraction of sp³-hybridized carbons (Fsp3) is 0.182. The molecule has 2 heteroatoms. The molecule has 0 bridgehead atoms. The van der Waals surface area contributed by atoms with E-state index in [2.05, 4.69) is 41.6 Å². The quantitative estimate of drug-likeness (QED) is 0.705. The van der Waals surface area contributed by atoms with Crippen LogP contribution in [0.3, 0.4) is 0 Å². The molecule has 0 spiro atoms. The van der Waals surface area contributed by atoms with Crippen LogP contribution in [0, 0.1) is 0 Å². The first kappa shape index (κ1) is 8.45. The van der Waals surface area contributed by atoms with Crippen molar-refractivity contribution in [2.75, 3.05) is 0 Å². The predicted octanol–water partition coefficient (Wildman–Crippen LogP) is 3.37. The lowest BCUT2D eigenvalue weighted by Gasteiger charge is -1.98. The summed E-state index contributed by atoms with van der Waals surface area (Å²) in [6.45, 7) is 2.16. The topological polar surface area (TPSA) is 12.9 Å². The number of aryl methyl sites for hydroxylation is 1. The van der Waals surface area contributed by atoms with Crippen molar-refractivity contribution in [1.29, 1.82) is 0 Å². The summed E-state index contributed by atoms with van der Waals surface area (Å²) in [6.07, 6.45) is 1.09. The molecule has 0 amide bonds. The van der Waals surface area contributed by atoms with E-state index in [0.717, 1.165) is 12.1 Å². The van der Waals surface area contributed by atoms with Crippen molar-refractivity contribution in [2.45, 2.75) is 13.3 Å². The summed E-state index contributed by atoms with van der Waals surface area (Å²) < 4.78 is 0. The molecule has 0 aliphatic heterocycles. The minimum absolute atomic E-state index is 1.08. The average molecular weight is 189 g/mol. The molecule has 66 valence electrons. The Balaban J connectivity index is 2.33. The molecule has 0 fully saturated rings. The molecule has 0 atom stereocenters. The van der Waals surface area contributed by atoms with E-state index in [-0.39, 0.29) is 0 Å². The molecule has 0 radical (unpaired) electrons. The standard InChI is InChI=1S/C11H11NS/c1-2-9-3-5-10(6-4-9)11-7-13-8-12-11/h3-8H,2H2,1H3. The number of hydrogen-bond acceptors (Lipinski definition) is 2. The molecule has 0 aliphatic carbocycles. The van der Waals surface area contributed by atoms with E-state index < -0.39 is 0 Å². The second-order valence-electron chi connectivity index (χ2n) is 2.92. The molecule has 2 rings (SSSR count). The molecule has 0 aliphatic rings. The van der Waals surface area contributed by atoms with Crippen molar-refractivity contribution in [3.8, 4) is 11.3 Å². The lowest BCUT2D eigenvalue weighted by molar-refractivity contribution is 1.14. The predicted molar refractivity (Wildman–Crippen MR) is 56.9 cm³/mol. The van der Waals surface area contributed by atoms with Gasteiger partial charge in [-0.1, -0.05) is 31.2 Å². The monoisotopic (exact) mass is 189 g/mol. The number of hydrogen-bond donors (Lipinski definition) is 0. The van der Waals surface area contributed by atoms with Crippen LogP contribution in [0.4, 0.5) is 0 Å². The zero-order valence-electron chi connectivity index (χ0n) is 7.53. The summed E-state index contributed by atoms with van der Waals surface area (Å²) in [7, 11) is 0. The Kier molecular flexibility index (Phi) is 2.41. The van der Waals surface area contributed by atoms with E-state index in [1.54, 1.807) is 11.3 Å². The summed E-state index contributed by atoms with van der Waals surface area (Å²) >= 11 is 1.63. The Morgan fingerprint density at radius 3 is 2.54 bits per heavy atom. The number of aromatic nitrogens is 1. The Morgan fingerprint density at radius 2 is 2.00 bits per heavy atom. The second kappa shape index (κ2) is 3.71. The summed E-state index contributed by atoms with van der Waals surface area (Å²) in [4.78, 5) is 4.26. The fourth-order valence-corrected chi connectivity index (χ4v) is 1.83. The molecule has 0 unspecified atom stereocenters. The van der Waals surface area contributed by atoms with Crippen LogP contribution in [-0.4, -0.2) is 4.98 Å². The lowest BCUT2D eigenvalue weighted by Crippen LogP contribution is -1.80. The molecule has 1 aromatic heterocycles. The molecular weight excluding hydrogens is 178 g/mol. The van der Waals surface area contributed by atoms with Crippen LogP contribution >= 0.6 is 11.3 Å². The van der Waals surface area contributed by atoms with Gasteiger partial charge in [0.05, 0.1) is 11.2 Å². The molecule has 2 aromatic rings. The van der Waals surface area contributed by atoms with E-state index >= 15 is 0 Å². The third-order valence-corrected chi connectivity index (χ3v) is 2.68. The third kappa shape index (κ3) is 1.78. The maximum atomic E-state index is 4.26. The lowest BCUT2D eigenvalue weighted by atomic mass is 10.1. The van der Waals surface area contributed by atoms with Crippen LogP contribution in [0.5, 0.6) is 0 Å². The van der Waals surface area contributed by atoms with Gasteiger partial charge in [-0.25, -0.2) is 4.98 Å². The van der Waals surface area contributed by atoms with Gasteiger partial charge in [-0.3, -0.25) is 0 Å². The average Bonchev–Trinajstić information content (AvgIpc) is 2.71. The molecule has 1 aromatic carbocycles. The van der Waals surface area contributed by atoms with E-state index in [9.17, 15) is 0 Å². The summed E-state index contributed by atoms with van der Waals surface area (Å²) in [5, 5.41) is 2.07. The van der Waals surface area contributed by atoms with Crippen molar-refractivity contribution >= 4 is 11.3 Å². The first-order valence-corrected chi connectivity index (χ1v) is 5.32. The minimum atomic E-state index is 1.08. The van der Waals surface area contributed by atoms with Gasteiger partial charge >= 0.3 is 0 Å². The molecule has 1 heterocycles. The van der Waals surface area contributed by atoms with Crippen molar-refractivity contribution < 1.29 is 0 Å². The van der Waals surface area contributed by atoms with Crippen LogP contribution in [-0.2, 0) is 6.42 Å². The molecule has 1 nitrogen and oxygen atoms in total. The van der Waals surface area contributed by atoms with Crippen LogP contribution in [0.1, 0.15) is 12.5 Å². The Bertz CT molecular complexity index is 361. The van der Waals surface area contributed by atoms with Crippen molar-refractivity contribution in [3.05, 3.63) is 40.7 Å². The highest BCUT2D eigenvalue weighted by molar-refractivity contribution is 7.07. The number of nitrogens with zero attached hydrogens (tertiary/aromatic N) is 1. The third-order valence-electron chi connectivity index (χ3n) is 2.09. The number of thiazole rings is 1. The van der Waals surface area contributed by atoms with Gasteiger partial charge in [-0.05, 0) is 12.0 Å². The van der Waals surface area contributed by atoms with Crippen LogP contribution in [0.15, 0.2) is 35.2 Å². The highest BCUT2D eigenvalue weighted by Crippen LogP contribution is 2.19. The Hall–Kier alpha value is -1.15. The van der Waals surface area contributed by atoms with Gasteiger partial charge in [0, 0.05) is 10.9 Å². The molecule has 13 heavy (non-hydrogen) atoms. The largest absolute Gasteiger partial charge is 0.245 e. The van der Waals surface area contributed by atoms with E-state index in [0.29, 0.717) is 0 Å². The van der Waals surface area contributed by atoms with Crippen LogP contribution in [0.2, 0.25) is 0 Å².